The predicted octanol–water partition coefficient (Wildman–Crippen LogP) is 2.77. The summed E-state index contributed by atoms with van der Waals surface area (Å²) < 4.78 is 11.4. The molecule has 4 nitrogen and oxygen atoms in total. The van der Waals surface area contributed by atoms with Crippen LogP contribution in [0.25, 0.3) is 0 Å². The molecular weight excluding hydrogens is 276 g/mol. The van der Waals surface area contributed by atoms with Gasteiger partial charge in [-0.25, -0.2) is 0 Å². The molecule has 22 heavy (non-hydrogen) atoms. The summed E-state index contributed by atoms with van der Waals surface area (Å²) in [4.78, 5) is 5.09. The average molecular weight is 304 g/mol. The summed E-state index contributed by atoms with van der Waals surface area (Å²) in [5.41, 5.74) is 1.25. The summed E-state index contributed by atoms with van der Waals surface area (Å²) in [5.74, 6) is 1.02. The van der Waals surface area contributed by atoms with Gasteiger partial charge >= 0.3 is 0 Å². The maximum Gasteiger partial charge on any atom is 0.142 e. The minimum atomic E-state index is 0.215. The Morgan fingerprint density at radius 2 is 1.73 bits per heavy atom. The summed E-state index contributed by atoms with van der Waals surface area (Å²) in [6.07, 6.45) is 2.68. The van der Waals surface area contributed by atoms with E-state index in [0.29, 0.717) is 0 Å². The van der Waals surface area contributed by atoms with Crippen LogP contribution in [-0.4, -0.2) is 56.4 Å². The molecule has 0 amide bonds. The molecule has 1 aromatic carbocycles. The fourth-order valence-electron chi connectivity index (χ4n) is 3.49. The van der Waals surface area contributed by atoms with Gasteiger partial charge in [0.1, 0.15) is 5.75 Å². The summed E-state index contributed by atoms with van der Waals surface area (Å²) in [6, 6.07) is 9.16. The normalized spacial score (nSPS) is 21.3. The number of rotatable bonds is 4. The fraction of sp³-hybridized carbons (Fsp3) is 0.667. The third kappa shape index (κ3) is 3.73. The molecule has 0 bridgehead atoms. The van der Waals surface area contributed by atoms with Gasteiger partial charge in [0.2, 0.25) is 0 Å². The molecule has 0 radical (unpaired) electrons. The maximum absolute atomic E-state index is 5.97. The molecule has 0 spiro atoms. The van der Waals surface area contributed by atoms with E-state index in [1.54, 1.807) is 0 Å². The molecule has 2 saturated heterocycles. The van der Waals surface area contributed by atoms with E-state index < -0.39 is 0 Å². The number of hydrogen-bond donors (Lipinski definition) is 0. The zero-order valence-electron chi connectivity index (χ0n) is 13.8. The third-order valence-electron chi connectivity index (χ3n) is 4.60. The van der Waals surface area contributed by atoms with Crippen LogP contribution >= 0.6 is 0 Å². The first-order valence-electron chi connectivity index (χ1n) is 8.56. The van der Waals surface area contributed by atoms with Crippen molar-refractivity contribution < 1.29 is 9.47 Å². The molecule has 122 valence electrons. The minimum Gasteiger partial charge on any atom is -0.489 e. The molecule has 2 aliphatic heterocycles. The fourth-order valence-corrected chi connectivity index (χ4v) is 3.49. The number of benzene rings is 1. The van der Waals surface area contributed by atoms with Crippen molar-refractivity contribution in [3.05, 3.63) is 24.3 Å². The minimum absolute atomic E-state index is 0.215. The first kappa shape index (κ1) is 15.6. The third-order valence-corrected chi connectivity index (χ3v) is 4.60. The summed E-state index contributed by atoms with van der Waals surface area (Å²) in [5, 5.41) is 0. The Bertz CT molecular complexity index is 464. The number of piperidine rings is 1. The van der Waals surface area contributed by atoms with E-state index in [-0.39, 0.29) is 6.10 Å². The lowest BCUT2D eigenvalue weighted by molar-refractivity contribution is 0.0115. The van der Waals surface area contributed by atoms with Gasteiger partial charge in [-0.05, 0) is 38.8 Å². The van der Waals surface area contributed by atoms with Crippen LogP contribution in [0.3, 0.4) is 0 Å². The number of morpholine rings is 1. The second-order valence-electron chi connectivity index (χ2n) is 6.50. The van der Waals surface area contributed by atoms with Gasteiger partial charge in [0.25, 0.3) is 0 Å². The van der Waals surface area contributed by atoms with Crippen LogP contribution < -0.4 is 9.64 Å². The molecule has 0 atom stereocenters. The second-order valence-corrected chi connectivity index (χ2v) is 6.50. The molecule has 0 N–H and O–H groups in total. The van der Waals surface area contributed by atoms with Gasteiger partial charge in [0.05, 0.1) is 25.0 Å². The first-order valence-corrected chi connectivity index (χ1v) is 8.56. The first-order chi connectivity index (χ1) is 10.7. The molecule has 0 saturated carbocycles. The van der Waals surface area contributed by atoms with Crippen LogP contribution in [0.15, 0.2) is 24.3 Å². The Morgan fingerprint density at radius 3 is 2.41 bits per heavy atom. The van der Waals surface area contributed by atoms with Crippen molar-refractivity contribution in [3.63, 3.8) is 0 Å². The molecule has 3 rings (SSSR count). The van der Waals surface area contributed by atoms with Gasteiger partial charge in [0, 0.05) is 32.2 Å². The molecule has 2 heterocycles. The van der Waals surface area contributed by atoms with Crippen molar-refractivity contribution >= 4 is 5.69 Å². The van der Waals surface area contributed by atoms with Crippen molar-refractivity contribution in [2.75, 3.05) is 44.3 Å². The zero-order valence-corrected chi connectivity index (χ0v) is 13.8. The monoisotopic (exact) mass is 304 g/mol. The largest absolute Gasteiger partial charge is 0.489 e. The van der Waals surface area contributed by atoms with E-state index in [1.165, 1.54) is 18.5 Å². The quantitative estimate of drug-likeness (QED) is 0.854. The van der Waals surface area contributed by atoms with Gasteiger partial charge in [-0.3, -0.25) is 4.90 Å². The van der Waals surface area contributed by atoms with Crippen molar-refractivity contribution in [2.24, 2.45) is 0 Å². The van der Waals surface area contributed by atoms with Crippen LogP contribution in [0, 0.1) is 0 Å². The highest BCUT2D eigenvalue weighted by Crippen LogP contribution is 2.31. The lowest BCUT2D eigenvalue weighted by atomic mass is 10.0. The second kappa shape index (κ2) is 7.34. The highest BCUT2D eigenvalue weighted by atomic mass is 16.5. The lowest BCUT2D eigenvalue weighted by Gasteiger charge is -2.41. The van der Waals surface area contributed by atoms with Crippen LogP contribution in [-0.2, 0) is 4.74 Å². The highest BCUT2D eigenvalue weighted by Gasteiger charge is 2.26. The van der Waals surface area contributed by atoms with E-state index >= 15 is 0 Å². The van der Waals surface area contributed by atoms with E-state index in [9.17, 15) is 0 Å². The highest BCUT2D eigenvalue weighted by molar-refractivity contribution is 5.58. The molecular formula is C18H28N2O2. The molecule has 0 aromatic heterocycles. The van der Waals surface area contributed by atoms with Gasteiger partial charge < -0.3 is 14.4 Å². The summed E-state index contributed by atoms with van der Waals surface area (Å²) >= 11 is 0. The molecule has 2 aliphatic rings. The maximum atomic E-state index is 5.97. The topological polar surface area (TPSA) is 24.9 Å². The van der Waals surface area contributed by atoms with Gasteiger partial charge in [-0.2, -0.15) is 0 Å². The van der Waals surface area contributed by atoms with Gasteiger partial charge in [-0.15, -0.1) is 0 Å². The zero-order chi connectivity index (χ0) is 15.4. The Kier molecular flexibility index (Phi) is 5.21. The van der Waals surface area contributed by atoms with Crippen LogP contribution in [0.2, 0.25) is 0 Å². The molecule has 2 fully saturated rings. The summed E-state index contributed by atoms with van der Waals surface area (Å²) in [7, 11) is 0. The van der Waals surface area contributed by atoms with Crippen LogP contribution in [0.4, 0.5) is 5.69 Å². The number of para-hydroxylation sites is 2. The molecule has 1 aromatic rings. The Balaban J connectivity index is 1.61. The van der Waals surface area contributed by atoms with Gasteiger partial charge in [-0.1, -0.05) is 12.1 Å². The standard InChI is InChI=1S/C18H28N2O2/c1-15(2)22-18-6-4-3-5-17(18)20-9-7-16(8-10-20)19-11-13-21-14-12-19/h3-6,15-16H,7-14H2,1-2H3. The Hall–Kier alpha value is -1.26. The van der Waals surface area contributed by atoms with Crippen molar-refractivity contribution in [2.45, 2.75) is 38.8 Å². The lowest BCUT2D eigenvalue weighted by Crippen LogP contribution is -2.49. The van der Waals surface area contributed by atoms with E-state index in [0.717, 1.165) is 51.2 Å². The Morgan fingerprint density at radius 1 is 1.05 bits per heavy atom. The van der Waals surface area contributed by atoms with Crippen LogP contribution in [0.5, 0.6) is 5.75 Å². The smallest absolute Gasteiger partial charge is 0.142 e. The van der Waals surface area contributed by atoms with E-state index in [2.05, 4.69) is 47.9 Å². The number of nitrogens with zero attached hydrogens (tertiary/aromatic N) is 2. The van der Waals surface area contributed by atoms with Crippen molar-refractivity contribution in [1.82, 2.24) is 4.90 Å². The van der Waals surface area contributed by atoms with Crippen molar-refractivity contribution in [3.8, 4) is 5.75 Å². The average Bonchev–Trinajstić information content (AvgIpc) is 2.56. The Labute approximate surface area is 134 Å². The number of hydrogen-bond acceptors (Lipinski definition) is 4. The summed E-state index contributed by atoms with van der Waals surface area (Å²) in [6.45, 7) is 10.4. The van der Waals surface area contributed by atoms with Crippen molar-refractivity contribution in [1.29, 1.82) is 0 Å². The van der Waals surface area contributed by atoms with Crippen LogP contribution in [0.1, 0.15) is 26.7 Å². The van der Waals surface area contributed by atoms with Gasteiger partial charge in [0.15, 0.2) is 0 Å². The number of ether oxygens (including phenoxy) is 2. The molecule has 0 unspecified atom stereocenters. The number of anilines is 1. The SMILES string of the molecule is CC(C)Oc1ccccc1N1CCC(N2CCOCC2)CC1. The van der Waals surface area contributed by atoms with E-state index in [1.807, 2.05) is 0 Å². The molecule has 4 heteroatoms. The van der Waals surface area contributed by atoms with E-state index in [4.69, 9.17) is 9.47 Å². The predicted molar refractivity (Wildman–Crippen MR) is 89.8 cm³/mol. The molecule has 0 aliphatic carbocycles.